The Morgan fingerprint density at radius 3 is 1.40 bits per heavy atom. The van der Waals surface area contributed by atoms with Gasteiger partial charge < -0.3 is 0 Å². The highest BCUT2D eigenvalue weighted by atomic mass is 15.0. The normalized spacial score (nSPS) is 14.2. The van der Waals surface area contributed by atoms with Crippen LogP contribution in [-0.4, -0.2) is 15.0 Å². The average molecular weight is 620 g/mol. The van der Waals surface area contributed by atoms with Crippen LogP contribution in [0.4, 0.5) is 0 Å². The van der Waals surface area contributed by atoms with E-state index in [1.807, 2.05) is 60.7 Å². The Kier molecular flexibility index (Phi) is 7.14. The summed E-state index contributed by atoms with van der Waals surface area (Å²) < 4.78 is 0. The van der Waals surface area contributed by atoms with Gasteiger partial charge in [0.05, 0.1) is 0 Å². The van der Waals surface area contributed by atoms with Gasteiger partial charge in [-0.15, -0.1) is 0 Å². The van der Waals surface area contributed by atoms with Gasteiger partial charge in [0.2, 0.25) is 0 Å². The van der Waals surface area contributed by atoms with Crippen molar-refractivity contribution in [2.24, 2.45) is 0 Å². The first-order valence-corrected chi connectivity index (χ1v) is 16.6. The topological polar surface area (TPSA) is 38.7 Å². The zero-order valence-electron chi connectivity index (χ0n) is 27.8. The van der Waals surface area contributed by atoms with Crippen molar-refractivity contribution in [3.63, 3.8) is 0 Å². The summed E-state index contributed by atoms with van der Waals surface area (Å²) in [5.41, 5.74) is 12.9. The monoisotopic (exact) mass is 619 g/mol. The molecule has 0 amide bonds. The Morgan fingerprint density at radius 2 is 0.792 bits per heavy atom. The second-order valence-corrected chi connectivity index (χ2v) is 13.7. The average Bonchev–Trinajstić information content (AvgIpc) is 3.14. The first-order valence-electron chi connectivity index (χ1n) is 16.6. The Balaban J connectivity index is 1.27. The van der Waals surface area contributed by atoms with E-state index in [2.05, 4.69) is 119 Å². The third-order valence-corrected chi connectivity index (χ3v) is 10.5. The highest BCUT2D eigenvalue weighted by Crippen LogP contribution is 2.56. The summed E-state index contributed by atoms with van der Waals surface area (Å²) in [6.45, 7) is 9.58. The zero-order valence-corrected chi connectivity index (χ0v) is 27.8. The fraction of sp³-hybridized carbons (Fsp3) is 0.133. The van der Waals surface area contributed by atoms with Gasteiger partial charge >= 0.3 is 0 Å². The zero-order chi connectivity index (χ0) is 32.9. The van der Waals surface area contributed by atoms with Crippen LogP contribution in [0.3, 0.4) is 0 Å². The molecule has 0 N–H and O–H groups in total. The van der Waals surface area contributed by atoms with E-state index in [0.717, 1.165) is 22.3 Å². The Labute approximate surface area is 283 Å². The largest absolute Gasteiger partial charge is 0.208 e. The number of hydrogen-bond donors (Lipinski definition) is 0. The van der Waals surface area contributed by atoms with Crippen LogP contribution < -0.4 is 0 Å². The van der Waals surface area contributed by atoms with Crippen LogP contribution in [0.5, 0.6) is 0 Å². The molecule has 1 heterocycles. The molecule has 6 aromatic carbocycles. The van der Waals surface area contributed by atoms with Crippen molar-refractivity contribution in [3.05, 3.63) is 163 Å². The Morgan fingerprint density at radius 1 is 0.333 bits per heavy atom. The van der Waals surface area contributed by atoms with Crippen LogP contribution in [0, 0.1) is 0 Å². The molecule has 232 valence electrons. The molecule has 0 fully saturated rings. The Bertz CT molecular complexity index is 2210. The maximum Gasteiger partial charge on any atom is 0.164 e. The van der Waals surface area contributed by atoms with Crippen LogP contribution in [0.2, 0.25) is 0 Å². The quantitative estimate of drug-likeness (QED) is 0.192. The first-order chi connectivity index (χ1) is 23.3. The van der Waals surface area contributed by atoms with Crippen molar-refractivity contribution in [2.75, 3.05) is 0 Å². The molecular weight excluding hydrogens is 583 g/mol. The lowest BCUT2D eigenvalue weighted by Gasteiger charge is -2.49. The summed E-state index contributed by atoms with van der Waals surface area (Å²) in [5.74, 6) is 1.98. The van der Waals surface area contributed by atoms with E-state index >= 15 is 0 Å². The predicted octanol–water partition coefficient (Wildman–Crippen LogP) is 11.4. The summed E-state index contributed by atoms with van der Waals surface area (Å²) in [6, 6.07) is 53.5. The van der Waals surface area contributed by atoms with Crippen molar-refractivity contribution in [2.45, 2.75) is 38.5 Å². The lowest BCUT2D eigenvalue weighted by Crippen LogP contribution is -2.43. The van der Waals surface area contributed by atoms with Crippen LogP contribution in [0.15, 0.2) is 152 Å². The van der Waals surface area contributed by atoms with Gasteiger partial charge in [-0.05, 0) is 67.5 Å². The SMILES string of the molecule is CC1(C)c2cc(-c3cccc(-c4nc(-c5ccccc5)nc(-c5ccccc5)n4)c3)ccc2-c2c(-c3ccccc3)cccc2C1(C)C. The van der Waals surface area contributed by atoms with Gasteiger partial charge in [0.15, 0.2) is 17.5 Å². The summed E-state index contributed by atoms with van der Waals surface area (Å²) in [5, 5.41) is 0. The van der Waals surface area contributed by atoms with Crippen LogP contribution >= 0.6 is 0 Å². The first kappa shape index (κ1) is 29.7. The van der Waals surface area contributed by atoms with E-state index in [1.165, 1.54) is 38.9 Å². The molecule has 0 atom stereocenters. The molecule has 3 heteroatoms. The van der Waals surface area contributed by atoms with Crippen molar-refractivity contribution in [3.8, 4) is 67.5 Å². The van der Waals surface area contributed by atoms with E-state index in [1.54, 1.807) is 0 Å². The van der Waals surface area contributed by atoms with Gasteiger partial charge in [-0.1, -0.05) is 167 Å². The van der Waals surface area contributed by atoms with E-state index in [-0.39, 0.29) is 10.8 Å². The number of rotatable bonds is 5. The van der Waals surface area contributed by atoms with Gasteiger partial charge in [0.1, 0.15) is 0 Å². The molecule has 1 aliphatic rings. The summed E-state index contributed by atoms with van der Waals surface area (Å²) >= 11 is 0. The number of benzene rings is 6. The van der Waals surface area contributed by atoms with Crippen LogP contribution in [-0.2, 0) is 10.8 Å². The van der Waals surface area contributed by atoms with E-state index in [9.17, 15) is 0 Å². The van der Waals surface area contributed by atoms with Gasteiger partial charge in [0.25, 0.3) is 0 Å². The van der Waals surface area contributed by atoms with Gasteiger partial charge in [-0.3, -0.25) is 0 Å². The maximum atomic E-state index is 4.99. The molecule has 0 saturated carbocycles. The van der Waals surface area contributed by atoms with Crippen molar-refractivity contribution in [1.82, 2.24) is 15.0 Å². The Hall–Kier alpha value is -5.67. The van der Waals surface area contributed by atoms with Crippen molar-refractivity contribution in [1.29, 1.82) is 0 Å². The number of hydrogen-bond acceptors (Lipinski definition) is 3. The van der Waals surface area contributed by atoms with Crippen molar-refractivity contribution >= 4 is 0 Å². The smallest absolute Gasteiger partial charge is 0.164 e. The summed E-state index contributed by atoms with van der Waals surface area (Å²) in [4.78, 5) is 14.9. The highest BCUT2D eigenvalue weighted by molar-refractivity contribution is 5.91. The summed E-state index contributed by atoms with van der Waals surface area (Å²) in [6.07, 6.45) is 0. The minimum absolute atomic E-state index is 0.0901. The van der Waals surface area contributed by atoms with E-state index < -0.39 is 0 Å². The number of fused-ring (bicyclic) bond motifs is 3. The van der Waals surface area contributed by atoms with E-state index in [0.29, 0.717) is 17.5 Å². The molecule has 0 bridgehead atoms. The second kappa shape index (κ2) is 11.5. The third-order valence-electron chi connectivity index (χ3n) is 10.5. The van der Waals surface area contributed by atoms with Crippen LogP contribution in [0.1, 0.15) is 38.8 Å². The van der Waals surface area contributed by atoms with Gasteiger partial charge in [0, 0.05) is 16.7 Å². The van der Waals surface area contributed by atoms with Gasteiger partial charge in [-0.25, -0.2) is 15.0 Å². The highest BCUT2D eigenvalue weighted by Gasteiger charge is 2.46. The fourth-order valence-corrected chi connectivity index (χ4v) is 7.13. The molecule has 8 rings (SSSR count). The molecule has 48 heavy (non-hydrogen) atoms. The minimum atomic E-state index is -0.109. The lowest BCUT2D eigenvalue weighted by atomic mass is 9.54. The van der Waals surface area contributed by atoms with Crippen LogP contribution in [0.25, 0.3) is 67.5 Å². The minimum Gasteiger partial charge on any atom is -0.208 e. The molecule has 0 spiro atoms. The second-order valence-electron chi connectivity index (χ2n) is 13.7. The molecule has 0 aliphatic heterocycles. The van der Waals surface area contributed by atoms with Gasteiger partial charge in [-0.2, -0.15) is 0 Å². The molecular formula is C45H37N3. The third kappa shape index (κ3) is 4.94. The van der Waals surface area contributed by atoms with E-state index in [4.69, 9.17) is 15.0 Å². The standard InChI is InChI=1S/C45H37N3/c1-44(2)38-25-15-24-36(30-16-8-5-9-17-30)40(38)37-27-26-34(29-39(37)45(44,3)4)33-22-14-23-35(28-33)43-47-41(31-18-10-6-11-19-31)46-42(48-43)32-20-12-7-13-21-32/h5-29H,1-4H3. The molecule has 1 aliphatic carbocycles. The summed E-state index contributed by atoms with van der Waals surface area (Å²) in [7, 11) is 0. The number of aromatic nitrogens is 3. The molecule has 0 saturated heterocycles. The predicted molar refractivity (Wildman–Crippen MR) is 198 cm³/mol. The molecule has 0 radical (unpaired) electrons. The maximum absolute atomic E-state index is 4.99. The van der Waals surface area contributed by atoms with Crippen molar-refractivity contribution < 1.29 is 0 Å². The molecule has 0 unspecified atom stereocenters. The fourth-order valence-electron chi connectivity index (χ4n) is 7.13. The molecule has 7 aromatic rings. The lowest BCUT2D eigenvalue weighted by molar-refractivity contribution is 0.299. The molecule has 3 nitrogen and oxygen atoms in total. The number of nitrogens with zero attached hydrogens (tertiary/aromatic N) is 3. The molecule has 1 aromatic heterocycles.